The zero-order chi connectivity index (χ0) is 24.3. The number of rotatable bonds is 7. The average Bonchev–Trinajstić information content (AvgIpc) is 2.78. The quantitative estimate of drug-likeness (QED) is 0.380. The molecular formula is C25H32N2O6. The maximum atomic E-state index is 13.7. The van der Waals surface area contributed by atoms with Gasteiger partial charge in [-0.2, -0.15) is 0 Å². The van der Waals surface area contributed by atoms with E-state index in [0.29, 0.717) is 23.3 Å². The number of dihydropyridines is 1. The minimum absolute atomic E-state index is 0.0973. The second-order valence-corrected chi connectivity index (χ2v) is 8.65. The number of nitrogens with zero attached hydrogens (tertiary/aromatic N) is 1. The lowest BCUT2D eigenvalue weighted by Crippen LogP contribution is -2.43. The molecule has 0 saturated heterocycles. The van der Waals surface area contributed by atoms with Gasteiger partial charge >= 0.3 is 11.9 Å². The number of esters is 2. The fourth-order valence-corrected chi connectivity index (χ4v) is 4.54. The Balaban J connectivity index is 2.12. The summed E-state index contributed by atoms with van der Waals surface area (Å²) in [7, 11) is 6.69. The van der Waals surface area contributed by atoms with Crippen molar-refractivity contribution in [1.29, 1.82) is 0 Å². The van der Waals surface area contributed by atoms with Crippen molar-refractivity contribution in [1.82, 2.24) is 5.32 Å². The molecule has 0 amide bonds. The van der Waals surface area contributed by atoms with Gasteiger partial charge in [-0.1, -0.05) is 19.1 Å². The first kappa shape index (κ1) is 24.5. The molecule has 0 fully saturated rings. The van der Waals surface area contributed by atoms with E-state index < -0.39 is 23.8 Å². The molecule has 1 N–H and O–H groups in total. The van der Waals surface area contributed by atoms with Crippen LogP contribution >= 0.6 is 0 Å². The van der Waals surface area contributed by atoms with E-state index in [1.54, 1.807) is 6.92 Å². The molecule has 3 rings (SSSR count). The Morgan fingerprint density at radius 1 is 1.12 bits per heavy atom. The van der Waals surface area contributed by atoms with Crippen LogP contribution in [0.4, 0.5) is 5.69 Å². The Hall–Kier alpha value is -3.13. The number of methoxy groups -OCH3 is 2. The monoisotopic (exact) mass is 456 g/mol. The lowest BCUT2D eigenvalue weighted by Gasteiger charge is -2.38. The van der Waals surface area contributed by atoms with Gasteiger partial charge < -0.3 is 24.4 Å². The number of Topliss-reactive ketones (excluding diaryl/α,β-unsaturated/α-hetero) is 1. The number of carbonyl (C=O) groups excluding carboxylic acids is 3. The number of ketones is 1. The van der Waals surface area contributed by atoms with Crippen molar-refractivity contribution < 1.29 is 28.6 Å². The lowest BCUT2D eigenvalue weighted by atomic mass is 9.69. The van der Waals surface area contributed by atoms with Crippen LogP contribution in [0.25, 0.3) is 0 Å². The Kier molecular flexibility index (Phi) is 7.58. The molecular weight excluding hydrogens is 424 g/mol. The molecule has 0 radical (unpaired) electrons. The Morgan fingerprint density at radius 2 is 1.79 bits per heavy atom. The molecule has 3 atom stereocenters. The minimum Gasteiger partial charge on any atom is -0.468 e. The Bertz CT molecular complexity index is 993. The van der Waals surface area contributed by atoms with Gasteiger partial charge in [0.1, 0.15) is 12.5 Å². The van der Waals surface area contributed by atoms with Crippen molar-refractivity contribution in [3.63, 3.8) is 0 Å². The van der Waals surface area contributed by atoms with Gasteiger partial charge in [0.2, 0.25) is 0 Å². The van der Waals surface area contributed by atoms with Crippen LogP contribution in [0.15, 0.2) is 46.8 Å². The van der Waals surface area contributed by atoms with E-state index in [4.69, 9.17) is 14.2 Å². The van der Waals surface area contributed by atoms with Gasteiger partial charge in [-0.3, -0.25) is 9.59 Å². The first-order chi connectivity index (χ1) is 15.7. The third-order valence-electron chi connectivity index (χ3n) is 6.23. The van der Waals surface area contributed by atoms with E-state index in [0.717, 1.165) is 16.9 Å². The zero-order valence-electron chi connectivity index (χ0n) is 20.1. The van der Waals surface area contributed by atoms with Gasteiger partial charge in [0.05, 0.1) is 19.3 Å². The molecule has 1 heterocycles. The van der Waals surface area contributed by atoms with E-state index in [2.05, 4.69) is 5.32 Å². The summed E-state index contributed by atoms with van der Waals surface area (Å²) in [5, 5.41) is 3.25. The summed E-state index contributed by atoms with van der Waals surface area (Å²) in [6, 6.07) is 7.69. The summed E-state index contributed by atoms with van der Waals surface area (Å²) in [4.78, 5) is 41.3. The fraction of sp³-hybridized carbons (Fsp3) is 0.480. The second kappa shape index (κ2) is 10.2. The normalized spacial score (nSPS) is 22.5. The van der Waals surface area contributed by atoms with Crippen LogP contribution in [0.5, 0.6) is 0 Å². The van der Waals surface area contributed by atoms with E-state index >= 15 is 0 Å². The molecule has 3 unspecified atom stereocenters. The maximum Gasteiger partial charge on any atom is 0.336 e. The molecule has 1 aliphatic carbocycles. The molecule has 0 bridgehead atoms. The first-order valence-corrected chi connectivity index (χ1v) is 11.0. The number of carbonyl (C=O) groups is 3. The van der Waals surface area contributed by atoms with Crippen molar-refractivity contribution >= 4 is 23.4 Å². The highest BCUT2D eigenvalue weighted by molar-refractivity contribution is 6.12. The largest absolute Gasteiger partial charge is 0.468 e. The maximum absolute atomic E-state index is 13.7. The van der Waals surface area contributed by atoms with Crippen molar-refractivity contribution in [2.75, 3.05) is 46.4 Å². The van der Waals surface area contributed by atoms with E-state index in [9.17, 15) is 14.4 Å². The summed E-state index contributed by atoms with van der Waals surface area (Å²) in [6.45, 7) is 4.03. The molecule has 33 heavy (non-hydrogen) atoms. The standard InChI is InChI=1S/C25H32N2O6/c1-14-13-18-22(23(28)19(14)24(29)32-6)21(16-7-9-17(10-8-16)27(3)4)20(15(2)26-18)25(30)33-12-11-31-5/h7-10,14,19,21,26H,11-13H2,1-6H3. The average molecular weight is 457 g/mol. The van der Waals surface area contributed by atoms with Crippen LogP contribution in [-0.4, -0.2) is 59.3 Å². The number of benzene rings is 1. The van der Waals surface area contributed by atoms with Gasteiger partial charge in [0.15, 0.2) is 5.78 Å². The second-order valence-electron chi connectivity index (χ2n) is 8.65. The highest BCUT2D eigenvalue weighted by atomic mass is 16.6. The highest BCUT2D eigenvalue weighted by Crippen LogP contribution is 2.45. The minimum atomic E-state index is -0.914. The van der Waals surface area contributed by atoms with Crippen molar-refractivity contribution in [3.8, 4) is 0 Å². The summed E-state index contributed by atoms with van der Waals surface area (Å²) in [5.74, 6) is -3.19. The van der Waals surface area contributed by atoms with Gasteiger partial charge in [-0.15, -0.1) is 0 Å². The Labute approximate surface area is 194 Å². The third kappa shape index (κ3) is 4.80. The van der Waals surface area contributed by atoms with Crippen molar-refractivity contribution in [2.24, 2.45) is 11.8 Å². The predicted molar refractivity (Wildman–Crippen MR) is 124 cm³/mol. The van der Waals surface area contributed by atoms with Crippen LogP contribution in [-0.2, 0) is 28.6 Å². The number of hydrogen-bond acceptors (Lipinski definition) is 8. The SMILES string of the molecule is COCCOC(=O)C1=C(C)NC2=C(C(=O)C(C(=O)OC)C(C)C2)C1c1ccc(N(C)C)cc1. The number of ether oxygens (including phenoxy) is 3. The van der Waals surface area contributed by atoms with Crippen LogP contribution in [0.3, 0.4) is 0 Å². The smallest absolute Gasteiger partial charge is 0.336 e. The van der Waals surface area contributed by atoms with Gasteiger partial charge in [0.25, 0.3) is 0 Å². The van der Waals surface area contributed by atoms with Crippen LogP contribution in [0, 0.1) is 11.8 Å². The lowest BCUT2D eigenvalue weighted by molar-refractivity contribution is -0.151. The molecule has 0 aromatic heterocycles. The van der Waals surface area contributed by atoms with Gasteiger partial charge in [-0.05, 0) is 37.0 Å². The Morgan fingerprint density at radius 3 is 2.36 bits per heavy atom. The van der Waals surface area contributed by atoms with E-state index in [1.807, 2.05) is 50.2 Å². The summed E-state index contributed by atoms with van der Waals surface area (Å²) < 4.78 is 15.4. The van der Waals surface area contributed by atoms with Crippen molar-refractivity contribution in [2.45, 2.75) is 26.2 Å². The molecule has 1 aliphatic heterocycles. The topological polar surface area (TPSA) is 94.2 Å². The van der Waals surface area contributed by atoms with Crippen molar-refractivity contribution in [3.05, 3.63) is 52.4 Å². The molecule has 2 aliphatic rings. The van der Waals surface area contributed by atoms with Gasteiger partial charge in [0, 0.05) is 49.8 Å². The molecule has 1 aromatic carbocycles. The van der Waals surface area contributed by atoms with Crippen LogP contribution in [0.1, 0.15) is 31.7 Å². The summed E-state index contributed by atoms with van der Waals surface area (Å²) in [6.07, 6.45) is 0.496. The fourth-order valence-electron chi connectivity index (χ4n) is 4.54. The predicted octanol–water partition coefficient (Wildman–Crippen LogP) is 2.56. The highest BCUT2D eigenvalue weighted by Gasteiger charge is 2.47. The molecule has 8 nitrogen and oxygen atoms in total. The molecule has 0 saturated carbocycles. The van der Waals surface area contributed by atoms with E-state index in [1.165, 1.54) is 14.2 Å². The number of nitrogens with one attached hydrogen (secondary N) is 1. The first-order valence-electron chi connectivity index (χ1n) is 11.0. The van der Waals surface area contributed by atoms with Crippen LogP contribution in [0.2, 0.25) is 0 Å². The number of anilines is 1. The van der Waals surface area contributed by atoms with Gasteiger partial charge in [-0.25, -0.2) is 4.79 Å². The number of allylic oxidation sites excluding steroid dienone is 3. The molecule has 0 spiro atoms. The third-order valence-corrected chi connectivity index (χ3v) is 6.23. The molecule has 8 heteroatoms. The number of hydrogen-bond donors (Lipinski definition) is 1. The van der Waals surface area contributed by atoms with Crippen LogP contribution < -0.4 is 10.2 Å². The summed E-state index contributed by atoms with van der Waals surface area (Å²) >= 11 is 0. The molecule has 178 valence electrons. The zero-order valence-corrected chi connectivity index (χ0v) is 20.1. The molecule has 1 aromatic rings. The van der Waals surface area contributed by atoms with E-state index in [-0.39, 0.29) is 24.9 Å². The summed E-state index contributed by atoms with van der Waals surface area (Å²) in [5.41, 5.74) is 3.91.